The van der Waals surface area contributed by atoms with Crippen molar-refractivity contribution < 1.29 is 9.53 Å². The number of rotatable bonds is 5. The number of ether oxygens (including phenoxy) is 1. The van der Waals surface area contributed by atoms with E-state index in [1.165, 1.54) is 17.9 Å². The number of carbonyl (C=O) groups excluding carboxylic acids is 1. The number of nitrogens with one attached hydrogen (secondary N) is 2. The lowest BCUT2D eigenvalue weighted by molar-refractivity contribution is -0.121. The van der Waals surface area contributed by atoms with E-state index in [2.05, 4.69) is 10.6 Å². The van der Waals surface area contributed by atoms with Gasteiger partial charge in [0.05, 0.1) is 6.54 Å². The average molecular weight is 258 g/mol. The summed E-state index contributed by atoms with van der Waals surface area (Å²) in [7, 11) is 0. The molecule has 5 heteroatoms. The highest BCUT2D eigenvalue weighted by molar-refractivity contribution is 7.99. The molecular weight excluding hydrogens is 236 g/mol. The fraction of sp³-hybridized carbons (Fsp3) is 0.917. The number of carbonyl (C=O) groups is 1. The lowest BCUT2D eigenvalue weighted by Gasteiger charge is -2.23. The van der Waals surface area contributed by atoms with E-state index in [-0.39, 0.29) is 5.91 Å². The summed E-state index contributed by atoms with van der Waals surface area (Å²) in [4.78, 5) is 11.7. The molecule has 1 amide bonds. The summed E-state index contributed by atoms with van der Waals surface area (Å²) in [5.74, 6) is 3.41. The van der Waals surface area contributed by atoms with Crippen LogP contribution in [-0.4, -0.2) is 49.8 Å². The van der Waals surface area contributed by atoms with Crippen LogP contribution >= 0.6 is 11.8 Å². The molecule has 2 aliphatic heterocycles. The first-order chi connectivity index (χ1) is 8.34. The predicted octanol–water partition coefficient (Wildman–Crippen LogP) is 0.624. The average Bonchev–Trinajstić information content (AvgIpc) is 2.83. The molecule has 2 N–H and O–H groups in total. The topological polar surface area (TPSA) is 50.4 Å². The van der Waals surface area contributed by atoms with Gasteiger partial charge in [-0.1, -0.05) is 0 Å². The Kier molecular flexibility index (Phi) is 5.61. The minimum atomic E-state index is 0.127. The molecule has 2 heterocycles. The van der Waals surface area contributed by atoms with Crippen molar-refractivity contribution in [1.82, 2.24) is 10.6 Å². The lowest BCUT2D eigenvalue weighted by Crippen LogP contribution is -2.43. The minimum absolute atomic E-state index is 0.127. The van der Waals surface area contributed by atoms with Gasteiger partial charge in [-0.25, -0.2) is 0 Å². The maximum Gasteiger partial charge on any atom is 0.234 e. The van der Waals surface area contributed by atoms with Gasteiger partial charge >= 0.3 is 0 Å². The van der Waals surface area contributed by atoms with Gasteiger partial charge in [0.25, 0.3) is 0 Å². The van der Waals surface area contributed by atoms with Gasteiger partial charge < -0.3 is 15.4 Å². The number of hydrogen-bond acceptors (Lipinski definition) is 4. The van der Waals surface area contributed by atoms with E-state index in [1.54, 1.807) is 0 Å². The summed E-state index contributed by atoms with van der Waals surface area (Å²) in [6.45, 7) is 2.99. The van der Waals surface area contributed by atoms with Crippen molar-refractivity contribution >= 4 is 17.7 Å². The third-order valence-electron chi connectivity index (χ3n) is 3.33. The highest BCUT2D eigenvalue weighted by Crippen LogP contribution is 2.22. The van der Waals surface area contributed by atoms with Crippen LogP contribution in [0.5, 0.6) is 0 Å². The van der Waals surface area contributed by atoms with E-state index in [9.17, 15) is 4.79 Å². The molecule has 98 valence electrons. The van der Waals surface area contributed by atoms with Crippen molar-refractivity contribution in [1.29, 1.82) is 0 Å². The molecule has 0 radical (unpaired) electrons. The standard InChI is InChI=1S/C12H22N2O2S/c15-12(14-11-1-4-16-5-2-11)8-13-7-10-3-6-17-9-10/h10-11,13H,1-9H2,(H,14,15). The predicted molar refractivity (Wildman–Crippen MR) is 70.3 cm³/mol. The van der Waals surface area contributed by atoms with E-state index in [0.717, 1.165) is 38.5 Å². The quantitative estimate of drug-likeness (QED) is 0.759. The van der Waals surface area contributed by atoms with Gasteiger partial charge in [0.2, 0.25) is 5.91 Å². The highest BCUT2D eigenvalue weighted by Gasteiger charge is 2.17. The normalized spacial score (nSPS) is 26.0. The van der Waals surface area contributed by atoms with Gasteiger partial charge in [-0.05, 0) is 43.2 Å². The van der Waals surface area contributed by atoms with Crippen LogP contribution in [0.2, 0.25) is 0 Å². The van der Waals surface area contributed by atoms with Crippen LogP contribution in [0, 0.1) is 5.92 Å². The van der Waals surface area contributed by atoms with Crippen molar-refractivity contribution in [2.75, 3.05) is 37.8 Å². The van der Waals surface area contributed by atoms with E-state index >= 15 is 0 Å². The van der Waals surface area contributed by atoms with Crippen LogP contribution in [0.25, 0.3) is 0 Å². The smallest absolute Gasteiger partial charge is 0.234 e. The first-order valence-corrected chi connectivity index (χ1v) is 7.65. The van der Waals surface area contributed by atoms with Crippen LogP contribution in [0.1, 0.15) is 19.3 Å². The van der Waals surface area contributed by atoms with Gasteiger partial charge in [0.1, 0.15) is 0 Å². The lowest BCUT2D eigenvalue weighted by atomic mass is 10.1. The molecule has 0 aromatic rings. The number of thioether (sulfide) groups is 1. The van der Waals surface area contributed by atoms with Crippen LogP contribution < -0.4 is 10.6 Å². The monoisotopic (exact) mass is 258 g/mol. The molecule has 2 aliphatic rings. The molecular formula is C12H22N2O2S. The summed E-state index contributed by atoms with van der Waals surface area (Å²) >= 11 is 2.02. The molecule has 0 spiro atoms. The number of amides is 1. The van der Waals surface area contributed by atoms with Crippen LogP contribution in [0.3, 0.4) is 0 Å². The molecule has 0 aromatic carbocycles. The Hall–Kier alpha value is -0.260. The van der Waals surface area contributed by atoms with Crippen molar-refractivity contribution in [3.8, 4) is 0 Å². The molecule has 0 aromatic heterocycles. The van der Waals surface area contributed by atoms with Crippen molar-refractivity contribution in [2.45, 2.75) is 25.3 Å². The first kappa shape index (κ1) is 13.2. The van der Waals surface area contributed by atoms with Crippen molar-refractivity contribution in [2.24, 2.45) is 5.92 Å². The molecule has 0 bridgehead atoms. The molecule has 0 aliphatic carbocycles. The van der Waals surface area contributed by atoms with Crippen molar-refractivity contribution in [3.05, 3.63) is 0 Å². The van der Waals surface area contributed by atoms with Crippen LogP contribution in [0.4, 0.5) is 0 Å². The first-order valence-electron chi connectivity index (χ1n) is 6.50. The van der Waals surface area contributed by atoms with Gasteiger partial charge in [-0.2, -0.15) is 11.8 Å². The minimum Gasteiger partial charge on any atom is -0.381 e. The van der Waals surface area contributed by atoms with Crippen molar-refractivity contribution in [3.63, 3.8) is 0 Å². The Balaban J connectivity index is 1.53. The Morgan fingerprint density at radius 2 is 2.12 bits per heavy atom. The Morgan fingerprint density at radius 1 is 1.29 bits per heavy atom. The van der Waals surface area contributed by atoms with Gasteiger partial charge in [0, 0.05) is 19.3 Å². The zero-order valence-electron chi connectivity index (χ0n) is 10.2. The Labute approximate surface area is 107 Å². The van der Waals surface area contributed by atoms with Gasteiger partial charge in [0.15, 0.2) is 0 Å². The molecule has 2 saturated heterocycles. The molecule has 0 saturated carbocycles. The summed E-state index contributed by atoms with van der Waals surface area (Å²) in [6.07, 6.45) is 3.19. The third kappa shape index (κ3) is 4.85. The van der Waals surface area contributed by atoms with Gasteiger partial charge in [-0.15, -0.1) is 0 Å². The van der Waals surface area contributed by atoms with E-state index < -0.39 is 0 Å². The number of hydrogen-bond donors (Lipinski definition) is 2. The second-order valence-corrected chi connectivity index (χ2v) is 5.96. The second-order valence-electron chi connectivity index (χ2n) is 4.81. The maximum absolute atomic E-state index is 11.7. The molecule has 1 atom stereocenters. The summed E-state index contributed by atoms with van der Waals surface area (Å²) in [5.41, 5.74) is 0. The fourth-order valence-electron chi connectivity index (χ4n) is 2.25. The molecule has 17 heavy (non-hydrogen) atoms. The molecule has 2 fully saturated rings. The summed E-state index contributed by atoms with van der Waals surface area (Å²) in [5, 5.41) is 6.32. The SMILES string of the molecule is O=C(CNCC1CCSC1)NC1CCOCC1. The molecule has 4 nitrogen and oxygen atoms in total. The zero-order chi connectivity index (χ0) is 11.9. The van der Waals surface area contributed by atoms with E-state index in [4.69, 9.17) is 4.74 Å². The van der Waals surface area contributed by atoms with Crippen LogP contribution in [-0.2, 0) is 9.53 Å². The van der Waals surface area contributed by atoms with E-state index in [1.807, 2.05) is 11.8 Å². The largest absolute Gasteiger partial charge is 0.381 e. The summed E-state index contributed by atoms with van der Waals surface area (Å²) < 4.78 is 5.26. The zero-order valence-corrected chi connectivity index (χ0v) is 11.1. The highest BCUT2D eigenvalue weighted by atomic mass is 32.2. The maximum atomic E-state index is 11.7. The summed E-state index contributed by atoms with van der Waals surface area (Å²) in [6, 6.07) is 0.320. The molecule has 2 rings (SSSR count). The second kappa shape index (κ2) is 7.24. The Morgan fingerprint density at radius 3 is 2.82 bits per heavy atom. The third-order valence-corrected chi connectivity index (χ3v) is 4.56. The van der Waals surface area contributed by atoms with E-state index in [0.29, 0.717) is 12.6 Å². The Bertz CT molecular complexity index is 239. The molecule has 1 unspecified atom stereocenters. The van der Waals surface area contributed by atoms with Gasteiger partial charge in [-0.3, -0.25) is 4.79 Å². The fourth-order valence-corrected chi connectivity index (χ4v) is 3.54. The van der Waals surface area contributed by atoms with Crippen LogP contribution in [0.15, 0.2) is 0 Å².